The molecule has 9 aromatic carbocycles. The van der Waals surface area contributed by atoms with Gasteiger partial charge in [0.2, 0.25) is 0 Å². The largest absolute Gasteiger partial charge is 0.458 e. The van der Waals surface area contributed by atoms with Crippen molar-refractivity contribution in [2.45, 2.75) is 146 Å². The van der Waals surface area contributed by atoms with Gasteiger partial charge in [0.05, 0.1) is 0 Å². The molecule has 0 N–H and O–H groups in total. The van der Waals surface area contributed by atoms with Crippen LogP contribution in [0.25, 0.3) is 22.3 Å². The Labute approximate surface area is 489 Å². The molecule has 4 nitrogen and oxygen atoms in total. The SMILES string of the molecule is Cc1cc(C)c(-c2cc3c4c(c2)N(c2ccc(C(C)(C)C)cc2)c2ccc(C(C)(C)C)cc2B4c2cc4c(cc2O3)Oc2cc(-c3c(C)cc(C)cc3C)cc3c2B4c2cc(C(C)(C)C)ccc2N3c2ccc(C(C)(C)C)cc2)c(C)c1. The van der Waals surface area contributed by atoms with Gasteiger partial charge in [-0.2, -0.15) is 0 Å². The molecule has 9 aromatic rings. The molecule has 0 atom stereocenters. The number of aryl methyl sites for hydroxylation is 6. The van der Waals surface area contributed by atoms with Gasteiger partial charge in [0.25, 0.3) is 13.4 Å². The highest BCUT2D eigenvalue weighted by Crippen LogP contribution is 2.49. The number of rotatable bonds is 4. The minimum absolute atomic E-state index is 0.0108. The summed E-state index contributed by atoms with van der Waals surface area (Å²) in [7, 11) is 0. The molecule has 0 radical (unpaired) electrons. The predicted molar refractivity (Wildman–Crippen MR) is 352 cm³/mol. The molecule has 0 unspecified atom stereocenters. The smallest absolute Gasteiger partial charge is 0.256 e. The van der Waals surface area contributed by atoms with E-state index in [1.54, 1.807) is 0 Å². The van der Waals surface area contributed by atoms with Gasteiger partial charge >= 0.3 is 0 Å². The number of fused-ring (bicyclic) bond motifs is 8. The van der Waals surface area contributed by atoms with Crippen molar-refractivity contribution >= 4 is 80.3 Å². The van der Waals surface area contributed by atoms with E-state index < -0.39 is 0 Å². The number of anilines is 6. The minimum atomic E-state index is -0.145. The molecule has 0 bridgehead atoms. The summed E-state index contributed by atoms with van der Waals surface area (Å²) in [6.45, 7) is 40.9. The third kappa shape index (κ3) is 8.64. The Bertz CT molecular complexity index is 3850. The molecule has 4 aliphatic heterocycles. The quantitative estimate of drug-likeness (QED) is 0.164. The van der Waals surface area contributed by atoms with E-state index in [1.165, 1.54) is 100.0 Å². The maximum Gasteiger partial charge on any atom is 0.256 e. The van der Waals surface area contributed by atoms with Crippen LogP contribution in [0.1, 0.15) is 139 Å². The fourth-order valence-corrected chi connectivity index (χ4v) is 14.3. The molecule has 0 fully saturated rings. The Morgan fingerprint density at radius 1 is 0.305 bits per heavy atom. The van der Waals surface area contributed by atoms with Gasteiger partial charge in [-0.25, -0.2) is 0 Å². The molecule has 0 spiro atoms. The van der Waals surface area contributed by atoms with Crippen LogP contribution in [0.4, 0.5) is 34.1 Å². The number of hydrogen-bond donors (Lipinski definition) is 0. The molecule has 0 aliphatic carbocycles. The third-order valence-corrected chi connectivity index (χ3v) is 18.3. The first kappa shape index (κ1) is 53.6. The van der Waals surface area contributed by atoms with Crippen LogP contribution < -0.4 is 52.1 Å². The molecule has 0 aromatic heterocycles. The van der Waals surface area contributed by atoms with Crippen molar-refractivity contribution in [3.8, 4) is 45.3 Å². The molecule has 0 saturated carbocycles. The van der Waals surface area contributed by atoms with E-state index in [1.807, 2.05) is 0 Å². The van der Waals surface area contributed by atoms with E-state index in [4.69, 9.17) is 9.47 Å². The summed E-state index contributed by atoms with van der Waals surface area (Å²) < 4.78 is 15.1. The Morgan fingerprint density at radius 3 is 0.963 bits per heavy atom. The average molecular weight is 1070 g/mol. The standard InChI is InChI=1S/C76H78B2N2O2/c1-43-31-45(3)69(46(4)32-43)49-35-63-71-67(37-49)81-65-42-66-60(41-59(65)77(71)57-39-53(75(13,14)15)23-29-61(57)79(63)55-25-19-51(20-26-55)73(7,8)9)78-58-40-54(76(16,17)18)24-30-62(58)80(56-27-21-52(22-28-56)74(10,11)12)64-36-50(38-68(82-66)72(64)78)70-47(5)33-44(2)34-48(70)6/h19-42H,1-18H3. The Balaban J connectivity index is 1.09. The highest BCUT2D eigenvalue weighted by Gasteiger charge is 2.48. The summed E-state index contributed by atoms with van der Waals surface area (Å²) in [5, 5.41) is 0. The van der Waals surface area contributed by atoms with Crippen molar-refractivity contribution in [3.63, 3.8) is 0 Å². The lowest BCUT2D eigenvalue weighted by Gasteiger charge is -2.43. The summed E-state index contributed by atoms with van der Waals surface area (Å²) >= 11 is 0. The van der Waals surface area contributed by atoms with Gasteiger partial charge in [0.1, 0.15) is 23.0 Å². The Kier molecular flexibility index (Phi) is 12.0. The summed E-state index contributed by atoms with van der Waals surface area (Å²) in [5.74, 6) is 3.42. The van der Waals surface area contributed by atoms with Crippen LogP contribution in [0.3, 0.4) is 0 Å². The molecule has 0 saturated heterocycles. The normalized spacial score (nSPS) is 14.1. The van der Waals surface area contributed by atoms with E-state index in [9.17, 15) is 0 Å². The van der Waals surface area contributed by atoms with Crippen molar-refractivity contribution in [1.29, 1.82) is 0 Å². The van der Waals surface area contributed by atoms with Gasteiger partial charge in [-0.15, -0.1) is 0 Å². The highest BCUT2D eigenvalue weighted by molar-refractivity contribution is 7.02. The second kappa shape index (κ2) is 18.4. The molecular formula is C76H78B2N2O2. The summed E-state index contributed by atoms with van der Waals surface area (Å²) in [6.07, 6.45) is 0. The van der Waals surface area contributed by atoms with Crippen molar-refractivity contribution in [3.05, 3.63) is 201 Å². The molecule has 4 aliphatic rings. The lowest BCUT2D eigenvalue weighted by Crippen LogP contribution is -2.63. The maximum atomic E-state index is 7.57. The van der Waals surface area contributed by atoms with E-state index >= 15 is 0 Å². The van der Waals surface area contributed by atoms with Crippen molar-refractivity contribution in [2.24, 2.45) is 0 Å². The maximum absolute atomic E-state index is 7.57. The topological polar surface area (TPSA) is 24.9 Å². The Morgan fingerprint density at radius 2 is 0.634 bits per heavy atom. The number of hydrogen-bond acceptors (Lipinski definition) is 4. The Hall–Kier alpha value is -7.69. The second-order valence-corrected chi connectivity index (χ2v) is 28.7. The van der Waals surface area contributed by atoms with Crippen LogP contribution in [0.2, 0.25) is 0 Å². The van der Waals surface area contributed by atoms with Gasteiger partial charge in [-0.3, -0.25) is 0 Å². The predicted octanol–water partition coefficient (Wildman–Crippen LogP) is 16.9. The average Bonchev–Trinajstić information content (AvgIpc) is 2.20. The number of ether oxygens (including phenoxy) is 2. The monoisotopic (exact) mass is 1070 g/mol. The molecule has 0 amide bonds. The fraction of sp³-hybridized carbons (Fsp3) is 0.289. The molecule has 4 heterocycles. The lowest BCUT2D eigenvalue weighted by molar-refractivity contribution is 0.466. The molecule has 410 valence electrons. The van der Waals surface area contributed by atoms with Crippen molar-refractivity contribution in [2.75, 3.05) is 9.80 Å². The van der Waals surface area contributed by atoms with Gasteiger partial charge < -0.3 is 19.3 Å². The molecular weight excluding hydrogens is 994 g/mol. The zero-order chi connectivity index (χ0) is 58.0. The third-order valence-electron chi connectivity index (χ3n) is 18.3. The summed E-state index contributed by atoms with van der Waals surface area (Å²) in [4.78, 5) is 5.04. The van der Waals surface area contributed by atoms with Crippen LogP contribution in [0.15, 0.2) is 146 Å². The first-order valence-corrected chi connectivity index (χ1v) is 29.8. The molecule has 13 rings (SSSR count). The van der Waals surface area contributed by atoms with E-state index in [0.29, 0.717) is 0 Å². The van der Waals surface area contributed by atoms with Crippen LogP contribution >= 0.6 is 0 Å². The van der Waals surface area contributed by atoms with Gasteiger partial charge in [0.15, 0.2) is 0 Å². The number of nitrogens with zero attached hydrogens (tertiary/aromatic N) is 2. The highest BCUT2D eigenvalue weighted by atomic mass is 16.5. The van der Waals surface area contributed by atoms with Crippen LogP contribution in [-0.2, 0) is 21.7 Å². The first-order valence-electron chi connectivity index (χ1n) is 29.8. The van der Waals surface area contributed by atoms with Crippen molar-refractivity contribution in [1.82, 2.24) is 0 Å². The van der Waals surface area contributed by atoms with E-state index in [2.05, 4.69) is 280 Å². The van der Waals surface area contributed by atoms with Gasteiger partial charge in [0, 0.05) is 40.2 Å². The summed E-state index contributed by atoms with van der Waals surface area (Å²) in [6, 6.07) is 56.7. The van der Waals surface area contributed by atoms with Crippen LogP contribution in [0, 0.1) is 41.5 Å². The molecule has 6 heteroatoms. The zero-order valence-electron chi connectivity index (χ0n) is 51.7. The van der Waals surface area contributed by atoms with Crippen LogP contribution in [0.5, 0.6) is 23.0 Å². The fourth-order valence-electron chi connectivity index (χ4n) is 14.3. The van der Waals surface area contributed by atoms with Crippen LogP contribution in [-0.4, -0.2) is 13.4 Å². The molecule has 82 heavy (non-hydrogen) atoms. The number of benzene rings is 9. The lowest BCUT2D eigenvalue weighted by atomic mass is 9.31. The summed E-state index contributed by atoms with van der Waals surface area (Å²) in [5.41, 5.74) is 31.5. The first-order chi connectivity index (χ1) is 38.6. The van der Waals surface area contributed by atoms with Crippen molar-refractivity contribution < 1.29 is 9.47 Å². The van der Waals surface area contributed by atoms with Gasteiger partial charge in [-0.1, -0.05) is 173 Å². The van der Waals surface area contributed by atoms with E-state index in [-0.39, 0.29) is 35.1 Å². The zero-order valence-corrected chi connectivity index (χ0v) is 51.7. The minimum Gasteiger partial charge on any atom is -0.458 e. The van der Waals surface area contributed by atoms with Gasteiger partial charge in [-0.05, 0) is 223 Å². The second-order valence-electron chi connectivity index (χ2n) is 28.7. The van der Waals surface area contributed by atoms with E-state index in [0.717, 1.165) is 67.8 Å².